The first-order valence-electron chi connectivity index (χ1n) is 7.26. The maximum atomic E-state index is 12.8. The fraction of sp³-hybridized carbons (Fsp3) is 0.235. The van der Waals surface area contributed by atoms with Gasteiger partial charge >= 0.3 is 0 Å². The molecule has 0 unspecified atom stereocenters. The largest absolute Gasteiger partial charge is 0.448 e. The second-order valence-electron chi connectivity index (χ2n) is 4.99. The predicted octanol–water partition coefficient (Wildman–Crippen LogP) is 2.14. The van der Waals surface area contributed by atoms with Gasteiger partial charge in [0.2, 0.25) is 5.09 Å². The van der Waals surface area contributed by atoms with Crippen molar-refractivity contribution in [3.05, 3.63) is 47.2 Å². The van der Waals surface area contributed by atoms with Crippen LogP contribution in [0.1, 0.15) is 28.6 Å². The summed E-state index contributed by atoms with van der Waals surface area (Å²) in [6, 6.07) is 8.25. The summed E-state index contributed by atoms with van der Waals surface area (Å²) < 4.78 is 31.1. The molecule has 1 aromatic carbocycles. The van der Waals surface area contributed by atoms with Gasteiger partial charge in [0.1, 0.15) is 5.76 Å². The number of anilines is 1. The van der Waals surface area contributed by atoms with Crippen LogP contribution in [-0.2, 0) is 10.0 Å². The summed E-state index contributed by atoms with van der Waals surface area (Å²) in [4.78, 5) is 14.3. The first-order chi connectivity index (χ1) is 11.3. The van der Waals surface area contributed by atoms with Crippen LogP contribution in [-0.4, -0.2) is 27.9 Å². The van der Waals surface area contributed by atoms with E-state index in [2.05, 4.69) is 10.6 Å². The molecular weight excluding hydrogens is 328 g/mol. The Balaban J connectivity index is 2.44. The van der Waals surface area contributed by atoms with Gasteiger partial charge in [0, 0.05) is 23.9 Å². The lowest BCUT2D eigenvalue weighted by Gasteiger charge is -2.21. The number of nitrogens with zero attached hydrogens (tertiary/aromatic N) is 1. The monoisotopic (exact) mass is 346 g/mol. The maximum Gasteiger partial charge on any atom is 0.273 e. The molecule has 126 valence electrons. The summed E-state index contributed by atoms with van der Waals surface area (Å²) in [5.41, 5.74) is 1.48. The molecule has 2 aromatic rings. The minimum atomic E-state index is -3.76. The highest BCUT2D eigenvalue weighted by atomic mass is 32.2. The fourth-order valence-corrected chi connectivity index (χ4v) is 2.96. The number of hydrogen-bond donors (Lipinski definition) is 1. The van der Waals surface area contributed by atoms with Gasteiger partial charge in [-0.1, -0.05) is 12.0 Å². The second-order valence-corrected chi connectivity index (χ2v) is 6.80. The van der Waals surface area contributed by atoms with E-state index in [1.54, 1.807) is 31.2 Å². The Kier molecular flexibility index (Phi) is 5.12. The highest BCUT2D eigenvalue weighted by molar-refractivity contribution is 7.89. The molecule has 2 rings (SSSR count). The van der Waals surface area contributed by atoms with Crippen molar-refractivity contribution in [2.24, 2.45) is 0 Å². The minimum absolute atomic E-state index is 0.191. The summed E-state index contributed by atoms with van der Waals surface area (Å²) in [6.45, 7) is 3.76. The summed E-state index contributed by atoms with van der Waals surface area (Å²) in [6.07, 6.45) is 5.40. The molecule has 0 radical (unpaired) electrons. The highest BCUT2D eigenvalue weighted by Crippen LogP contribution is 2.24. The van der Waals surface area contributed by atoms with Gasteiger partial charge in [-0.2, -0.15) is 0 Å². The Morgan fingerprint density at radius 1 is 1.38 bits per heavy atom. The van der Waals surface area contributed by atoms with Crippen LogP contribution in [0.25, 0.3) is 0 Å². The lowest BCUT2D eigenvalue weighted by Crippen LogP contribution is -2.30. The van der Waals surface area contributed by atoms with Crippen molar-refractivity contribution in [3.63, 3.8) is 0 Å². The number of terminal acetylenes is 1. The van der Waals surface area contributed by atoms with Crippen molar-refractivity contribution in [2.45, 2.75) is 18.9 Å². The average Bonchev–Trinajstić information content (AvgIpc) is 2.98. The number of hydrogen-bond acceptors (Lipinski definition) is 4. The summed E-state index contributed by atoms with van der Waals surface area (Å²) in [5.74, 6) is 2.40. The Morgan fingerprint density at radius 3 is 2.67 bits per heavy atom. The van der Waals surface area contributed by atoms with Crippen LogP contribution in [0.2, 0.25) is 0 Å². The molecule has 0 saturated carbocycles. The molecule has 0 spiro atoms. The Labute approximate surface area is 141 Å². The third kappa shape index (κ3) is 3.35. The van der Waals surface area contributed by atoms with E-state index in [1.807, 2.05) is 6.92 Å². The van der Waals surface area contributed by atoms with E-state index < -0.39 is 10.0 Å². The molecule has 0 aliphatic heterocycles. The summed E-state index contributed by atoms with van der Waals surface area (Å²) in [7, 11) is -2.48. The molecule has 0 atom stereocenters. The minimum Gasteiger partial charge on any atom is -0.448 e. The third-order valence-electron chi connectivity index (χ3n) is 3.55. The third-order valence-corrected chi connectivity index (χ3v) is 4.81. The highest BCUT2D eigenvalue weighted by Gasteiger charge is 2.25. The lowest BCUT2D eigenvalue weighted by molar-refractivity contribution is 0.0987. The predicted molar refractivity (Wildman–Crippen MR) is 91.4 cm³/mol. The number of nitrogens with one attached hydrogen (secondary N) is 1. The Bertz CT molecular complexity index is 907. The number of sulfonamides is 1. The van der Waals surface area contributed by atoms with Gasteiger partial charge in [-0.05, 0) is 39.1 Å². The normalized spacial score (nSPS) is 11.1. The standard InChI is InChI=1S/C17H18N2O4S/c1-5-13-8-7-9-14(10-13)19(6-2)17(20)15-11-16(23-12(15)3)24(21,22)18-4/h1,7-11,18H,6H2,2-4H3. The van der Waals surface area contributed by atoms with Gasteiger partial charge in [-0.25, -0.2) is 13.1 Å². The molecule has 24 heavy (non-hydrogen) atoms. The number of aryl methyl sites for hydroxylation is 1. The zero-order chi connectivity index (χ0) is 17.9. The molecule has 1 N–H and O–H groups in total. The van der Waals surface area contributed by atoms with Gasteiger partial charge in [-0.3, -0.25) is 4.79 Å². The number of rotatable bonds is 5. The Hall–Kier alpha value is -2.56. The van der Waals surface area contributed by atoms with Crippen molar-refractivity contribution in [3.8, 4) is 12.3 Å². The fourth-order valence-electron chi connectivity index (χ4n) is 2.25. The van der Waals surface area contributed by atoms with E-state index in [0.717, 1.165) is 0 Å². The maximum absolute atomic E-state index is 12.8. The zero-order valence-electron chi connectivity index (χ0n) is 13.7. The van der Waals surface area contributed by atoms with Crippen LogP contribution in [0.4, 0.5) is 5.69 Å². The second kappa shape index (κ2) is 6.91. The SMILES string of the molecule is C#Cc1cccc(N(CC)C(=O)c2cc(S(=O)(=O)NC)oc2C)c1. The number of amides is 1. The van der Waals surface area contributed by atoms with Crippen molar-refractivity contribution < 1.29 is 17.6 Å². The lowest BCUT2D eigenvalue weighted by atomic mass is 10.1. The van der Waals surface area contributed by atoms with Crippen LogP contribution < -0.4 is 9.62 Å². The zero-order valence-corrected chi connectivity index (χ0v) is 14.5. The van der Waals surface area contributed by atoms with Gasteiger partial charge in [-0.15, -0.1) is 6.42 Å². The van der Waals surface area contributed by atoms with Gasteiger partial charge in [0.25, 0.3) is 15.9 Å². The molecule has 7 heteroatoms. The van der Waals surface area contributed by atoms with Crippen molar-refractivity contribution >= 4 is 21.6 Å². The van der Waals surface area contributed by atoms with E-state index in [1.165, 1.54) is 18.0 Å². The Morgan fingerprint density at radius 2 is 2.08 bits per heavy atom. The van der Waals surface area contributed by atoms with Crippen molar-refractivity contribution in [2.75, 3.05) is 18.5 Å². The molecule has 1 heterocycles. The van der Waals surface area contributed by atoms with Crippen LogP contribution >= 0.6 is 0 Å². The summed E-state index contributed by atoms with van der Waals surface area (Å²) >= 11 is 0. The quantitative estimate of drug-likeness (QED) is 0.841. The van der Waals surface area contributed by atoms with Crippen molar-refractivity contribution in [1.29, 1.82) is 0 Å². The summed E-state index contributed by atoms with van der Waals surface area (Å²) in [5, 5.41) is -0.292. The molecule has 0 aliphatic rings. The van der Waals surface area contributed by atoms with E-state index >= 15 is 0 Å². The molecule has 1 amide bonds. The first kappa shape index (κ1) is 17.8. The van der Waals surface area contributed by atoms with E-state index in [9.17, 15) is 13.2 Å². The van der Waals surface area contributed by atoms with Gasteiger partial charge < -0.3 is 9.32 Å². The molecule has 1 aromatic heterocycles. The van der Waals surface area contributed by atoms with Gasteiger partial charge in [0.05, 0.1) is 5.56 Å². The number of carbonyl (C=O) groups is 1. The number of benzene rings is 1. The van der Waals surface area contributed by atoms with E-state index in [0.29, 0.717) is 17.8 Å². The first-order valence-corrected chi connectivity index (χ1v) is 8.75. The van der Waals surface area contributed by atoms with Crippen LogP contribution in [0.5, 0.6) is 0 Å². The van der Waals surface area contributed by atoms with Crippen molar-refractivity contribution in [1.82, 2.24) is 4.72 Å². The molecule has 0 bridgehead atoms. The van der Waals surface area contributed by atoms with E-state index in [-0.39, 0.29) is 22.3 Å². The van der Waals surface area contributed by atoms with Gasteiger partial charge in [0.15, 0.2) is 0 Å². The van der Waals surface area contributed by atoms with Crippen LogP contribution in [0.3, 0.4) is 0 Å². The number of carbonyl (C=O) groups excluding carboxylic acids is 1. The van der Waals surface area contributed by atoms with Crippen LogP contribution in [0, 0.1) is 19.3 Å². The van der Waals surface area contributed by atoms with E-state index in [4.69, 9.17) is 10.8 Å². The van der Waals surface area contributed by atoms with Crippen LogP contribution in [0.15, 0.2) is 39.8 Å². The molecule has 0 saturated heterocycles. The molecule has 0 aliphatic carbocycles. The smallest absolute Gasteiger partial charge is 0.273 e. The molecular formula is C17H18N2O4S. The molecule has 6 nitrogen and oxygen atoms in total. The average molecular weight is 346 g/mol. The topological polar surface area (TPSA) is 79.6 Å². The molecule has 0 fully saturated rings. The number of furan rings is 1.